The fourth-order valence-corrected chi connectivity index (χ4v) is 2.46. The molecule has 1 aromatic carbocycles. The first-order valence-electron chi connectivity index (χ1n) is 5.36. The number of rotatable bonds is 3. The molecule has 1 saturated carbocycles. The predicted molar refractivity (Wildman–Crippen MR) is 63.2 cm³/mol. The molecule has 1 N–H and O–H groups in total. The van der Waals surface area contributed by atoms with Crippen molar-refractivity contribution in [1.82, 2.24) is 0 Å². The molecule has 0 spiro atoms. The Bertz CT molecular complexity index is 312. The van der Waals surface area contributed by atoms with Crippen LogP contribution >= 0.6 is 11.8 Å². The number of anilines is 1. The Morgan fingerprint density at radius 1 is 1.07 bits per heavy atom. The van der Waals surface area contributed by atoms with Gasteiger partial charge in [0.15, 0.2) is 0 Å². The van der Waals surface area contributed by atoms with E-state index < -0.39 is 0 Å². The zero-order valence-corrected chi connectivity index (χ0v) is 9.02. The third kappa shape index (κ3) is 1.76. The molecule has 1 saturated heterocycles. The third-order valence-corrected chi connectivity index (χ3v) is 4.24. The predicted octanol–water partition coefficient (Wildman–Crippen LogP) is 3.09. The number of hydrogen-bond acceptors (Lipinski definition) is 2. The van der Waals surface area contributed by atoms with Crippen LogP contribution in [0, 0.1) is 0 Å². The van der Waals surface area contributed by atoms with Crippen molar-refractivity contribution in [2.24, 2.45) is 0 Å². The van der Waals surface area contributed by atoms with Crippen LogP contribution in [0.4, 0.5) is 5.69 Å². The van der Waals surface area contributed by atoms with Gasteiger partial charge in [0.25, 0.3) is 0 Å². The molecule has 3 rings (SSSR count). The van der Waals surface area contributed by atoms with Gasteiger partial charge in [-0.25, -0.2) is 0 Å². The summed E-state index contributed by atoms with van der Waals surface area (Å²) < 4.78 is 0. The molecule has 1 aliphatic carbocycles. The first-order chi connectivity index (χ1) is 6.92. The van der Waals surface area contributed by atoms with Crippen LogP contribution in [0.2, 0.25) is 0 Å². The highest BCUT2D eigenvalue weighted by Crippen LogP contribution is 2.40. The van der Waals surface area contributed by atoms with Crippen LogP contribution in [0.25, 0.3) is 0 Å². The van der Waals surface area contributed by atoms with Crippen molar-refractivity contribution < 1.29 is 0 Å². The van der Waals surface area contributed by atoms with Crippen LogP contribution in [-0.2, 0) is 0 Å². The van der Waals surface area contributed by atoms with Crippen LogP contribution < -0.4 is 5.32 Å². The van der Waals surface area contributed by atoms with Gasteiger partial charge in [-0.3, -0.25) is 0 Å². The molecule has 74 valence electrons. The Balaban J connectivity index is 1.66. The Labute approximate surface area is 89.3 Å². The van der Waals surface area contributed by atoms with Crippen molar-refractivity contribution in [1.29, 1.82) is 0 Å². The average Bonchev–Trinajstić information content (AvgIpc) is 2.96. The Hall–Kier alpha value is -0.630. The molecule has 0 amide bonds. The molecule has 2 fully saturated rings. The molecule has 0 aromatic heterocycles. The molecule has 1 heterocycles. The summed E-state index contributed by atoms with van der Waals surface area (Å²) in [5.41, 5.74) is 2.82. The van der Waals surface area contributed by atoms with Gasteiger partial charge in [0.05, 0.1) is 0 Å². The molecule has 0 bridgehead atoms. The van der Waals surface area contributed by atoms with Crippen LogP contribution in [0.15, 0.2) is 24.3 Å². The van der Waals surface area contributed by atoms with E-state index in [9.17, 15) is 0 Å². The topological polar surface area (TPSA) is 12.0 Å². The first kappa shape index (κ1) is 8.66. The smallest absolute Gasteiger partial charge is 0.0442 e. The maximum atomic E-state index is 3.54. The van der Waals surface area contributed by atoms with E-state index in [0.29, 0.717) is 6.04 Å². The summed E-state index contributed by atoms with van der Waals surface area (Å²) in [6.07, 6.45) is 2.79. The van der Waals surface area contributed by atoms with Gasteiger partial charge < -0.3 is 5.32 Å². The lowest BCUT2D eigenvalue weighted by Crippen LogP contribution is -2.33. The molecule has 1 aromatic rings. The molecule has 0 radical (unpaired) electrons. The second-order valence-electron chi connectivity index (χ2n) is 4.28. The second kappa shape index (κ2) is 3.50. The van der Waals surface area contributed by atoms with Crippen LogP contribution in [-0.4, -0.2) is 17.5 Å². The van der Waals surface area contributed by atoms with Crippen molar-refractivity contribution in [2.45, 2.75) is 24.8 Å². The zero-order valence-electron chi connectivity index (χ0n) is 8.20. The first-order valence-corrected chi connectivity index (χ1v) is 6.51. The molecule has 1 nitrogen and oxygen atoms in total. The van der Waals surface area contributed by atoms with Gasteiger partial charge in [0, 0.05) is 23.2 Å². The van der Waals surface area contributed by atoms with Crippen molar-refractivity contribution in [2.75, 3.05) is 16.8 Å². The summed E-state index contributed by atoms with van der Waals surface area (Å²) in [5.74, 6) is 3.41. The maximum Gasteiger partial charge on any atom is 0.0442 e. The van der Waals surface area contributed by atoms with Crippen molar-refractivity contribution in [3.8, 4) is 0 Å². The van der Waals surface area contributed by atoms with Gasteiger partial charge >= 0.3 is 0 Å². The third-order valence-electron chi connectivity index (χ3n) is 2.97. The van der Waals surface area contributed by atoms with Gasteiger partial charge in [-0.2, -0.15) is 11.8 Å². The quantitative estimate of drug-likeness (QED) is 0.814. The van der Waals surface area contributed by atoms with E-state index in [1.54, 1.807) is 0 Å². The minimum Gasteiger partial charge on any atom is -0.381 e. The molecule has 2 heteroatoms. The number of benzene rings is 1. The van der Waals surface area contributed by atoms with Crippen LogP contribution in [0.1, 0.15) is 24.3 Å². The normalized spacial score (nSPS) is 21.7. The number of thioether (sulfide) groups is 1. The molecular weight excluding hydrogens is 190 g/mol. The summed E-state index contributed by atoms with van der Waals surface area (Å²) >= 11 is 2.02. The van der Waals surface area contributed by atoms with Gasteiger partial charge in [0.2, 0.25) is 0 Å². The average molecular weight is 205 g/mol. The Morgan fingerprint density at radius 2 is 1.79 bits per heavy atom. The summed E-state index contributed by atoms with van der Waals surface area (Å²) in [6.45, 7) is 0. The summed E-state index contributed by atoms with van der Waals surface area (Å²) in [4.78, 5) is 0. The van der Waals surface area contributed by atoms with Crippen LogP contribution in [0.3, 0.4) is 0 Å². The lowest BCUT2D eigenvalue weighted by atomic mass is 10.1. The standard InChI is InChI=1S/C12H15NS/c1-2-9(1)10-3-5-11(6-4-10)13-12-7-14-8-12/h3-6,9,12-13H,1-2,7-8H2. The molecule has 0 unspecified atom stereocenters. The second-order valence-corrected chi connectivity index (χ2v) is 5.35. The summed E-state index contributed by atoms with van der Waals surface area (Å²) in [6, 6.07) is 9.75. The van der Waals surface area contributed by atoms with E-state index in [2.05, 4.69) is 29.6 Å². The van der Waals surface area contributed by atoms with E-state index in [1.165, 1.54) is 35.6 Å². The van der Waals surface area contributed by atoms with Gasteiger partial charge in [-0.1, -0.05) is 12.1 Å². The molecule has 14 heavy (non-hydrogen) atoms. The van der Waals surface area contributed by atoms with E-state index in [1.807, 2.05) is 11.8 Å². The highest BCUT2D eigenvalue weighted by Gasteiger charge is 2.23. The Kier molecular flexibility index (Phi) is 2.17. The van der Waals surface area contributed by atoms with Gasteiger partial charge in [-0.15, -0.1) is 0 Å². The Morgan fingerprint density at radius 3 is 2.29 bits per heavy atom. The van der Waals surface area contributed by atoms with Crippen molar-refractivity contribution in [3.05, 3.63) is 29.8 Å². The maximum absolute atomic E-state index is 3.54. The van der Waals surface area contributed by atoms with Crippen molar-refractivity contribution in [3.63, 3.8) is 0 Å². The lowest BCUT2D eigenvalue weighted by molar-refractivity contribution is 0.882. The zero-order chi connectivity index (χ0) is 9.38. The highest BCUT2D eigenvalue weighted by molar-refractivity contribution is 8.00. The minimum absolute atomic E-state index is 0.715. The lowest BCUT2D eigenvalue weighted by Gasteiger charge is -2.27. The highest BCUT2D eigenvalue weighted by atomic mass is 32.2. The monoisotopic (exact) mass is 205 g/mol. The van der Waals surface area contributed by atoms with Gasteiger partial charge in [-0.05, 0) is 36.5 Å². The number of hydrogen-bond donors (Lipinski definition) is 1. The molecule has 0 atom stereocenters. The van der Waals surface area contributed by atoms with Gasteiger partial charge in [0.1, 0.15) is 0 Å². The van der Waals surface area contributed by atoms with E-state index in [0.717, 1.165) is 5.92 Å². The SMILES string of the molecule is c1cc(C2CC2)ccc1NC1CSC1. The van der Waals surface area contributed by atoms with E-state index in [-0.39, 0.29) is 0 Å². The molecular formula is C12H15NS. The molecule has 2 aliphatic rings. The summed E-state index contributed by atoms with van der Waals surface area (Å²) in [7, 11) is 0. The molecule has 1 aliphatic heterocycles. The van der Waals surface area contributed by atoms with E-state index in [4.69, 9.17) is 0 Å². The fraction of sp³-hybridized carbons (Fsp3) is 0.500. The minimum atomic E-state index is 0.715. The number of nitrogens with one attached hydrogen (secondary N) is 1. The fourth-order valence-electron chi connectivity index (χ4n) is 1.82. The largest absolute Gasteiger partial charge is 0.381 e. The van der Waals surface area contributed by atoms with Crippen LogP contribution in [0.5, 0.6) is 0 Å². The van der Waals surface area contributed by atoms with E-state index >= 15 is 0 Å². The van der Waals surface area contributed by atoms with Crippen molar-refractivity contribution >= 4 is 17.4 Å². The summed E-state index contributed by atoms with van der Waals surface area (Å²) in [5, 5.41) is 3.54.